The molecule has 2 amide bonds. The summed E-state index contributed by atoms with van der Waals surface area (Å²) in [4.78, 5) is 24.2. The fraction of sp³-hybridized carbons (Fsp3) is 0.0476. The second kappa shape index (κ2) is 9.47. The number of anilines is 2. The van der Waals surface area contributed by atoms with Crippen LogP contribution in [-0.2, 0) is 14.8 Å². The number of thioether (sulfide) groups is 1. The van der Waals surface area contributed by atoms with Crippen molar-refractivity contribution in [2.75, 3.05) is 15.8 Å². The van der Waals surface area contributed by atoms with E-state index in [1.54, 1.807) is 66.7 Å². The first-order chi connectivity index (χ1) is 14.3. The van der Waals surface area contributed by atoms with Crippen molar-refractivity contribution in [2.24, 2.45) is 5.73 Å². The molecule has 0 atom stereocenters. The SMILES string of the molecule is NC(=O)c1ccc(NC(=O)CSc2ccc(NS(=O)(=O)c3ccccc3)cc2)cc1. The Morgan fingerprint density at radius 3 is 2.03 bits per heavy atom. The van der Waals surface area contributed by atoms with Crippen LogP contribution in [0.3, 0.4) is 0 Å². The Morgan fingerprint density at radius 2 is 1.43 bits per heavy atom. The molecule has 0 spiro atoms. The predicted molar refractivity (Wildman–Crippen MR) is 118 cm³/mol. The molecule has 0 heterocycles. The second-order valence-corrected chi connectivity index (χ2v) is 8.95. The van der Waals surface area contributed by atoms with Crippen molar-refractivity contribution in [3.05, 3.63) is 84.4 Å². The van der Waals surface area contributed by atoms with Gasteiger partial charge in [-0.2, -0.15) is 0 Å². The second-order valence-electron chi connectivity index (χ2n) is 6.22. The third-order valence-electron chi connectivity index (χ3n) is 3.98. The summed E-state index contributed by atoms with van der Waals surface area (Å²) in [6.07, 6.45) is 0. The highest BCUT2D eigenvalue weighted by molar-refractivity contribution is 8.00. The van der Waals surface area contributed by atoms with E-state index in [4.69, 9.17) is 5.73 Å². The Balaban J connectivity index is 1.53. The first kappa shape index (κ1) is 21.4. The van der Waals surface area contributed by atoms with Crippen molar-refractivity contribution in [3.8, 4) is 0 Å². The lowest BCUT2D eigenvalue weighted by Gasteiger charge is -2.09. The molecule has 4 N–H and O–H groups in total. The van der Waals surface area contributed by atoms with Gasteiger partial charge in [0.05, 0.1) is 10.6 Å². The molecule has 0 aliphatic heterocycles. The molecule has 7 nitrogen and oxygen atoms in total. The van der Waals surface area contributed by atoms with Gasteiger partial charge in [0.25, 0.3) is 10.0 Å². The first-order valence-electron chi connectivity index (χ1n) is 8.84. The van der Waals surface area contributed by atoms with Crippen LogP contribution in [0.15, 0.2) is 88.7 Å². The van der Waals surface area contributed by atoms with Crippen molar-refractivity contribution in [2.45, 2.75) is 9.79 Å². The Hall–Kier alpha value is -3.30. The normalized spacial score (nSPS) is 10.9. The van der Waals surface area contributed by atoms with E-state index in [1.807, 2.05) is 0 Å². The Kier molecular flexibility index (Phi) is 6.76. The average Bonchev–Trinajstić information content (AvgIpc) is 2.74. The summed E-state index contributed by atoms with van der Waals surface area (Å²) < 4.78 is 27.2. The van der Waals surface area contributed by atoms with Crippen LogP contribution >= 0.6 is 11.8 Å². The third-order valence-corrected chi connectivity index (χ3v) is 6.39. The molecule has 3 aromatic carbocycles. The van der Waals surface area contributed by atoms with Gasteiger partial charge in [-0.3, -0.25) is 14.3 Å². The highest BCUT2D eigenvalue weighted by atomic mass is 32.2. The molecular weight excluding hydrogens is 422 g/mol. The van der Waals surface area contributed by atoms with E-state index in [-0.39, 0.29) is 16.6 Å². The highest BCUT2D eigenvalue weighted by Crippen LogP contribution is 2.22. The van der Waals surface area contributed by atoms with Crippen LogP contribution in [0.5, 0.6) is 0 Å². The van der Waals surface area contributed by atoms with Crippen molar-refractivity contribution < 1.29 is 18.0 Å². The molecule has 3 rings (SSSR count). The number of carbonyl (C=O) groups is 2. The summed E-state index contributed by atoms with van der Waals surface area (Å²) in [7, 11) is -3.64. The zero-order valence-corrected chi connectivity index (χ0v) is 17.4. The van der Waals surface area contributed by atoms with Crippen molar-refractivity contribution in [1.29, 1.82) is 0 Å². The Labute approximate surface area is 178 Å². The van der Waals surface area contributed by atoms with Crippen LogP contribution in [0.25, 0.3) is 0 Å². The van der Waals surface area contributed by atoms with Crippen molar-refractivity contribution in [3.63, 3.8) is 0 Å². The number of amides is 2. The van der Waals surface area contributed by atoms with Crippen molar-refractivity contribution >= 4 is 45.0 Å². The molecular formula is C21H19N3O4S2. The van der Waals surface area contributed by atoms with E-state index in [1.165, 1.54) is 23.9 Å². The Bertz CT molecular complexity index is 1130. The highest BCUT2D eigenvalue weighted by Gasteiger charge is 2.13. The summed E-state index contributed by atoms with van der Waals surface area (Å²) in [5, 5.41) is 2.74. The van der Waals surface area contributed by atoms with E-state index >= 15 is 0 Å². The molecule has 0 fully saturated rings. The summed E-state index contributed by atoms with van der Waals surface area (Å²) in [5.74, 6) is -0.564. The van der Waals surface area contributed by atoms with Gasteiger partial charge in [0.2, 0.25) is 11.8 Å². The van der Waals surface area contributed by atoms with Gasteiger partial charge < -0.3 is 11.1 Å². The quantitative estimate of drug-likeness (QED) is 0.464. The fourth-order valence-electron chi connectivity index (χ4n) is 2.50. The molecule has 0 aliphatic carbocycles. The van der Waals surface area contributed by atoms with E-state index in [0.717, 1.165) is 4.90 Å². The predicted octanol–water partition coefficient (Wildman–Crippen LogP) is 3.32. The lowest BCUT2D eigenvalue weighted by Crippen LogP contribution is -2.15. The number of primary amides is 1. The number of hydrogen-bond acceptors (Lipinski definition) is 5. The zero-order valence-electron chi connectivity index (χ0n) is 15.7. The molecule has 30 heavy (non-hydrogen) atoms. The molecule has 0 aromatic heterocycles. The minimum atomic E-state index is -3.64. The maximum absolute atomic E-state index is 12.3. The molecule has 3 aromatic rings. The molecule has 0 saturated carbocycles. The number of benzene rings is 3. The van der Waals surface area contributed by atoms with Gasteiger partial charge in [-0.15, -0.1) is 11.8 Å². The van der Waals surface area contributed by atoms with Gasteiger partial charge in [-0.05, 0) is 60.7 Å². The monoisotopic (exact) mass is 441 g/mol. The molecule has 9 heteroatoms. The zero-order chi connectivity index (χ0) is 21.6. The van der Waals surface area contributed by atoms with Crippen molar-refractivity contribution in [1.82, 2.24) is 0 Å². The van der Waals surface area contributed by atoms with Gasteiger partial charge in [-0.1, -0.05) is 18.2 Å². The average molecular weight is 442 g/mol. The van der Waals surface area contributed by atoms with Crippen LogP contribution < -0.4 is 15.8 Å². The summed E-state index contributed by atoms with van der Waals surface area (Å²) >= 11 is 1.32. The van der Waals surface area contributed by atoms with Gasteiger partial charge in [0, 0.05) is 21.8 Å². The minimum Gasteiger partial charge on any atom is -0.366 e. The van der Waals surface area contributed by atoms with Crippen LogP contribution in [0, 0.1) is 0 Å². The molecule has 0 radical (unpaired) electrons. The number of hydrogen-bond donors (Lipinski definition) is 3. The van der Waals surface area contributed by atoms with E-state index in [2.05, 4.69) is 10.0 Å². The van der Waals surface area contributed by atoms with Gasteiger partial charge in [-0.25, -0.2) is 8.42 Å². The van der Waals surface area contributed by atoms with E-state index in [9.17, 15) is 18.0 Å². The molecule has 0 unspecified atom stereocenters. The number of nitrogens with one attached hydrogen (secondary N) is 2. The van der Waals surface area contributed by atoms with Gasteiger partial charge in [0.1, 0.15) is 0 Å². The van der Waals surface area contributed by atoms with E-state index in [0.29, 0.717) is 16.9 Å². The number of sulfonamides is 1. The van der Waals surface area contributed by atoms with Crippen LogP contribution in [0.4, 0.5) is 11.4 Å². The standard InChI is InChI=1S/C21H19N3O4S2/c22-21(26)15-6-8-16(9-7-15)23-20(25)14-29-18-12-10-17(11-13-18)24-30(27,28)19-4-2-1-3-5-19/h1-13,24H,14H2,(H2,22,26)(H,23,25). The molecule has 0 saturated heterocycles. The molecule has 0 aliphatic rings. The maximum atomic E-state index is 12.3. The third kappa shape index (κ3) is 5.85. The lowest BCUT2D eigenvalue weighted by atomic mass is 10.2. The number of rotatable bonds is 8. The summed E-state index contributed by atoms with van der Waals surface area (Å²) in [5.41, 5.74) is 6.55. The summed E-state index contributed by atoms with van der Waals surface area (Å²) in [6, 6.07) is 21.2. The molecule has 0 bridgehead atoms. The van der Waals surface area contributed by atoms with Crippen LogP contribution in [0.2, 0.25) is 0 Å². The fourth-order valence-corrected chi connectivity index (χ4v) is 4.27. The van der Waals surface area contributed by atoms with Crippen LogP contribution in [0.1, 0.15) is 10.4 Å². The Morgan fingerprint density at radius 1 is 0.833 bits per heavy atom. The lowest BCUT2D eigenvalue weighted by molar-refractivity contribution is -0.113. The van der Waals surface area contributed by atoms with Gasteiger partial charge >= 0.3 is 0 Å². The topological polar surface area (TPSA) is 118 Å². The number of carbonyl (C=O) groups excluding carboxylic acids is 2. The smallest absolute Gasteiger partial charge is 0.261 e. The maximum Gasteiger partial charge on any atom is 0.261 e. The van der Waals surface area contributed by atoms with Crippen LogP contribution in [-0.4, -0.2) is 26.0 Å². The summed E-state index contributed by atoms with van der Waals surface area (Å²) in [6.45, 7) is 0. The van der Waals surface area contributed by atoms with Gasteiger partial charge in [0.15, 0.2) is 0 Å². The first-order valence-corrected chi connectivity index (χ1v) is 11.3. The largest absolute Gasteiger partial charge is 0.366 e. The van der Waals surface area contributed by atoms with E-state index < -0.39 is 15.9 Å². The molecule has 154 valence electrons. The minimum absolute atomic E-state index is 0.173. The number of nitrogens with two attached hydrogens (primary N) is 1.